The predicted molar refractivity (Wildman–Crippen MR) is 65.0 cm³/mol. The van der Waals surface area contributed by atoms with E-state index in [2.05, 4.69) is 10.3 Å². The molecule has 1 fully saturated rings. The minimum absolute atomic E-state index is 0.115. The van der Waals surface area contributed by atoms with Crippen molar-refractivity contribution in [2.24, 2.45) is 0 Å². The smallest absolute Gasteiger partial charge is 0.311 e. The predicted octanol–water partition coefficient (Wildman–Crippen LogP) is 1.47. The molecule has 0 radical (unpaired) electrons. The number of nitrogens with one attached hydrogen (secondary N) is 1. The van der Waals surface area contributed by atoms with Gasteiger partial charge in [-0.05, 0) is 6.07 Å². The maximum absolute atomic E-state index is 10.8. The molecule has 1 atom stereocenters. The molecule has 2 heterocycles. The lowest BCUT2D eigenvalue weighted by Crippen LogP contribution is -2.34. The molecule has 18 heavy (non-hydrogen) atoms. The van der Waals surface area contributed by atoms with Crippen molar-refractivity contribution in [3.8, 4) is 0 Å². The summed E-state index contributed by atoms with van der Waals surface area (Å²) >= 11 is 5.71. The summed E-state index contributed by atoms with van der Waals surface area (Å²) in [5, 5.41) is 13.9. The van der Waals surface area contributed by atoms with Gasteiger partial charge in [-0.3, -0.25) is 10.1 Å². The summed E-state index contributed by atoms with van der Waals surface area (Å²) in [6.07, 6.45) is -0.140. The van der Waals surface area contributed by atoms with E-state index in [9.17, 15) is 10.1 Å². The second-order valence-corrected chi connectivity index (χ2v) is 4.09. The number of halogens is 1. The molecule has 98 valence electrons. The van der Waals surface area contributed by atoms with Gasteiger partial charge in [-0.1, -0.05) is 11.6 Å². The molecule has 0 aromatic carbocycles. The Hall–Kier alpha value is -1.44. The Morgan fingerprint density at radius 2 is 2.39 bits per heavy atom. The van der Waals surface area contributed by atoms with Gasteiger partial charge in [0, 0.05) is 12.6 Å². The first kappa shape index (κ1) is 13.0. The first-order chi connectivity index (χ1) is 8.66. The first-order valence-corrected chi connectivity index (χ1v) is 5.79. The monoisotopic (exact) mass is 273 g/mol. The Morgan fingerprint density at radius 1 is 1.56 bits per heavy atom. The van der Waals surface area contributed by atoms with Gasteiger partial charge in [-0.15, -0.1) is 0 Å². The van der Waals surface area contributed by atoms with Crippen LogP contribution in [0.1, 0.15) is 0 Å². The Bertz CT molecular complexity index is 437. The molecule has 0 aliphatic carbocycles. The quantitative estimate of drug-likeness (QED) is 0.508. The number of ether oxygens (including phenoxy) is 2. The van der Waals surface area contributed by atoms with Crippen molar-refractivity contribution in [2.75, 3.05) is 31.7 Å². The number of pyridine rings is 1. The summed E-state index contributed by atoms with van der Waals surface area (Å²) in [5.74, 6) is 0.140. The van der Waals surface area contributed by atoms with Gasteiger partial charge >= 0.3 is 5.69 Å². The Morgan fingerprint density at radius 3 is 3.06 bits per heavy atom. The maximum atomic E-state index is 10.8. The van der Waals surface area contributed by atoms with Crippen LogP contribution in [0.4, 0.5) is 11.5 Å². The molecule has 0 amide bonds. The highest BCUT2D eigenvalue weighted by Gasteiger charge is 2.19. The molecule has 1 aromatic heterocycles. The number of anilines is 1. The standard InChI is InChI=1S/C10H12ClN3O4/c11-9-2-1-8(14(15)16)10(13-9)12-5-7-6-17-3-4-18-7/h1-2,7H,3-6H2,(H,12,13). The van der Waals surface area contributed by atoms with Crippen LogP contribution in [0.3, 0.4) is 0 Å². The first-order valence-electron chi connectivity index (χ1n) is 5.41. The lowest BCUT2D eigenvalue weighted by molar-refractivity contribution is -0.384. The van der Waals surface area contributed by atoms with Gasteiger partial charge in [0.2, 0.25) is 5.82 Å². The van der Waals surface area contributed by atoms with Gasteiger partial charge in [0.05, 0.1) is 30.8 Å². The second kappa shape index (κ2) is 5.94. The molecule has 1 saturated heterocycles. The van der Waals surface area contributed by atoms with Crippen LogP contribution in [0.25, 0.3) is 0 Å². The van der Waals surface area contributed by atoms with Crippen LogP contribution in [0.5, 0.6) is 0 Å². The zero-order valence-corrected chi connectivity index (χ0v) is 10.2. The second-order valence-electron chi connectivity index (χ2n) is 3.71. The molecular formula is C10H12ClN3O4. The summed E-state index contributed by atoms with van der Waals surface area (Å²) in [4.78, 5) is 14.2. The van der Waals surface area contributed by atoms with Gasteiger partial charge in [-0.25, -0.2) is 4.98 Å². The van der Waals surface area contributed by atoms with Gasteiger partial charge < -0.3 is 14.8 Å². The van der Waals surface area contributed by atoms with Gasteiger partial charge in [0.15, 0.2) is 0 Å². The third kappa shape index (κ3) is 3.28. The fourth-order valence-electron chi connectivity index (χ4n) is 1.57. The minimum Gasteiger partial charge on any atom is -0.376 e. The third-order valence-corrected chi connectivity index (χ3v) is 2.63. The highest BCUT2D eigenvalue weighted by Crippen LogP contribution is 2.23. The van der Waals surface area contributed by atoms with Crippen molar-refractivity contribution in [3.05, 3.63) is 27.4 Å². The molecule has 1 unspecified atom stereocenters. The number of nitrogens with zero attached hydrogens (tertiary/aromatic N) is 2. The van der Waals surface area contributed by atoms with E-state index in [4.69, 9.17) is 21.1 Å². The van der Waals surface area contributed by atoms with E-state index in [1.165, 1.54) is 12.1 Å². The van der Waals surface area contributed by atoms with E-state index >= 15 is 0 Å². The van der Waals surface area contributed by atoms with Crippen molar-refractivity contribution >= 4 is 23.1 Å². The number of aromatic nitrogens is 1. The van der Waals surface area contributed by atoms with Crippen LogP contribution < -0.4 is 5.32 Å². The number of hydrogen-bond acceptors (Lipinski definition) is 6. The van der Waals surface area contributed by atoms with Gasteiger partial charge in [-0.2, -0.15) is 0 Å². The summed E-state index contributed by atoms with van der Waals surface area (Å²) in [6.45, 7) is 1.94. The van der Waals surface area contributed by atoms with E-state index in [1.54, 1.807) is 0 Å². The van der Waals surface area contributed by atoms with Gasteiger partial charge in [0.25, 0.3) is 0 Å². The van der Waals surface area contributed by atoms with Crippen molar-refractivity contribution < 1.29 is 14.4 Å². The van der Waals surface area contributed by atoms with Crippen LogP contribution in [0.2, 0.25) is 5.15 Å². The third-order valence-electron chi connectivity index (χ3n) is 2.42. The molecule has 1 aliphatic heterocycles. The van der Waals surface area contributed by atoms with Crippen molar-refractivity contribution in [2.45, 2.75) is 6.10 Å². The molecular weight excluding hydrogens is 262 g/mol. The molecule has 8 heteroatoms. The SMILES string of the molecule is O=[N+]([O-])c1ccc(Cl)nc1NCC1COCCO1. The minimum atomic E-state index is -0.510. The topological polar surface area (TPSA) is 86.5 Å². The number of rotatable bonds is 4. The summed E-state index contributed by atoms with van der Waals surface area (Å²) in [7, 11) is 0. The van der Waals surface area contributed by atoms with Crippen LogP contribution >= 0.6 is 11.6 Å². The Balaban J connectivity index is 2.03. The Kier molecular flexibility index (Phi) is 4.29. The summed E-state index contributed by atoms with van der Waals surface area (Å²) in [5.41, 5.74) is -0.115. The van der Waals surface area contributed by atoms with E-state index in [-0.39, 0.29) is 22.8 Å². The Labute approximate surface area is 108 Å². The highest BCUT2D eigenvalue weighted by atomic mass is 35.5. The zero-order valence-electron chi connectivity index (χ0n) is 9.47. The average Bonchev–Trinajstić information content (AvgIpc) is 2.37. The van der Waals surface area contributed by atoms with E-state index in [0.29, 0.717) is 26.4 Å². The normalized spacial score (nSPS) is 19.5. The molecule has 7 nitrogen and oxygen atoms in total. The number of hydrogen-bond donors (Lipinski definition) is 1. The van der Waals surface area contributed by atoms with Crippen molar-refractivity contribution in [3.63, 3.8) is 0 Å². The van der Waals surface area contributed by atoms with Crippen molar-refractivity contribution in [1.29, 1.82) is 0 Å². The number of nitro groups is 1. The van der Waals surface area contributed by atoms with Crippen LogP contribution in [0.15, 0.2) is 12.1 Å². The largest absolute Gasteiger partial charge is 0.376 e. The lowest BCUT2D eigenvalue weighted by atomic mass is 10.3. The molecule has 1 N–H and O–H groups in total. The zero-order chi connectivity index (χ0) is 13.0. The van der Waals surface area contributed by atoms with E-state index < -0.39 is 4.92 Å². The summed E-state index contributed by atoms with van der Waals surface area (Å²) < 4.78 is 10.6. The van der Waals surface area contributed by atoms with Crippen molar-refractivity contribution in [1.82, 2.24) is 4.98 Å². The maximum Gasteiger partial charge on any atom is 0.311 e. The highest BCUT2D eigenvalue weighted by molar-refractivity contribution is 6.29. The van der Waals surface area contributed by atoms with E-state index in [1.807, 2.05) is 0 Å². The van der Waals surface area contributed by atoms with Crippen LogP contribution in [-0.4, -0.2) is 42.4 Å². The van der Waals surface area contributed by atoms with Gasteiger partial charge in [0.1, 0.15) is 5.15 Å². The van der Waals surface area contributed by atoms with Crippen LogP contribution in [-0.2, 0) is 9.47 Å². The van der Waals surface area contributed by atoms with E-state index in [0.717, 1.165) is 0 Å². The lowest BCUT2D eigenvalue weighted by Gasteiger charge is -2.23. The fraction of sp³-hybridized carbons (Fsp3) is 0.500. The fourth-order valence-corrected chi connectivity index (χ4v) is 1.72. The molecule has 0 spiro atoms. The molecule has 2 rings (SSSR count). The summed E-state index contributed by atoms with van der Waals surface area (Å²) in [6, 6.07) is 2.70. The molecule has 0 bridgehead atoms. The molecule has 0 saturated carbocycles. The molecule has 1 aliphatic rings. The average molecular weight is 274 g/mol. The van der Waals surface area contributed by atoms with Crippen LogP contribution in [0, 0.1) is 10.1 Å². The molecule has 1 aromatic rings.